The predicted molar refractivity (Wildman–Crippen MR) is 174 cm³/mol. The topological polar surface area (TPSA) is 117 Å². The van der Waals surface area contributed by atoms with Crippen LogP contribution in [0.1, 0.15) is 41.5 Å². The molecule has 6 N–H and O–H groups in total. The van der Waals surface area contributed by atoms with Crippen LogP contribution in [0.5, 0.6) is 17.2 Å². The maximum Gasteiger partial charge on any atom is 0.647 e. The van der Waals surface area contributed by atoms with E-state index >= 15 is 0 Å². The Balaban J connectivity index is 2.16. The van der Waals surface area contributed by atoms with Crippen LogP contribution in [0, 0.1) is 0 Å². The highest BCUT2D eigenvalue weighted by atomic mass is 31.2. The fourth-order valence-corrected chi connectivity index (χ4v) is 5.62. The van der Waals surface area contributed by atoms with Gasteiger partial charge < -0.3 is 45.5 Å². The van der Waals surface area contributed by atoms with Gasteiger partial charge in [-0.3, -0.25) is 0 Å². The second kappa shape index (κ2) is 15.8. The van der Waals surface area contributed by atoms with E-state index < -0.39 is 7.82 Å². The van der Waals surface area contributed by atoms with E-state index in [0.717, 1.165) is 17.1 Å². The predicted octanol–water partition coefficient (Wildman–Crippen LogP) is 7.92. The van der Waals surface area contributed by atoms with Crippen molar-refractivity contribution in [2.24, 2.45) is 0 Å². The van der Waals surface area contributed by atoms with Gasteiger partial charge in [0.25, 0.3) is 0 Å². The number of anilines is 6. The van der Waals surface area contributed by atoms with E-state index in [1.807, 2.05) is 77.9 Å². The Morgan fingerprint density at radius 2 is 0.732 bits per heavy atom. The molecule has 0 fully saturated rings. The Bertz CT molecular complexity index is 1150. The van der Waals surface area contributed by atoms with E-state index in [0.29, 0.717) is 73.6 Å². The van der Waals surface area contributed by atoms with E-state index in [1.165, 1.54) is 0 Å². The van der Waals surface area contributed by atoms with Crippen LogP contribution in [0.2, 0.25) is 0 Å². The number of rotatable bonds is 18. The summed E-state index contributed by atoms with van der Waals surface area (Å²) in [6.45, 7) is 16.0. The fourth-order valence-electron chi connectivity index (χ4n) is 4.33. The number of hydrogen-bond donors (Lipinski definition) is 6. The molecular weight excluding hydrogens is 539 g/mol. The van der Waals surface area contributed by atoms with E-state index in [2.05, 4.69) is 31.9 Å². The normalized spacial score (nSPS) is 10.9. The lowest BCUT2D eigenvalue weighted by Gasteiger charge is -2.25. The molecule has 11 heteroatoms. The van der Waals surface area contributed by atoms with Gasteiger partial charge in [0.2, 0.25) is 0 Å². The SMILES string of the molecule is CCNc1cccc(OP(=O)(Oc2cccc(NCC)c2NCC)Oc2cccc(NCC)c2NCC)c1NCC. The van der Waals surface area contributed by atoms with Crippen LogP contribution >= 0.6 is 7.82 Å². The number of benzene rings is 3. The smallest absolute Gasteiger partial charge is 0.384 e. The van der Waals surface area contributed by atoms with Crippen molar-refractivity contribution in [1.29, 1.82) is 0 Å². The van der Waals surface area contributed by atoms with Crippen molar-refractivity contribution in [3.63, 3.8) is 0 Å². The summed E-state index contributed by atoms with van der Waals surface area (Å²) in [6.07, 6.45) is 0. The molecule has 0 bridgehead atoms. The third-order valence-electron chi connectivity index (χ3n) is 5.87. The number of phosphoric acid groups is 1. The zero-order chi connectivity index (χ0) is 29.7. The van der Waals surface area contributed by atoms with Crippen LogP contribution in [0.3, 0.4) is 0 Å². The first-order valence-electron chi connectivity index (χ1n) is 14.4. The van der Waals surface area contributed by atoms with Crippen molar-refractivity contribution in [3.05, 3.63) is 54.6 Å². The van der Waals surface area contributed by atoms with Gasteiger partial charge >= 0.3 is 7.82 Å². The van der Waals surface area contributed by atoms with Crippen molar-refractivity contribution in [1.82, 2.24) is 0 Å². The summed E-state index contributed by atoms with van der Waals surface area (Å²) in [6, 6.07) is 16.6. The zero-order valence-corrected chi connectivity index (χ0v) is 25.9. The lowest BCUT2D eigenvalue weighted by molar-refractivity contribution is 0.300. The molecule has 224 valence electrons. The Morgan fingerprint density at radius 3 is 0.976 bits per heavy atom. The molecule has 0 unspecified atom stereocenters. The molecule has 41 heavy (non-hydrogen) atoms. The molecule has 0 atom stereocenters. The standard InChI is InChI=1S/C30H45N6O4P/c1-7-31-22-16-13-19-25(28(22)34-10-4)38-41(37,39-26-20-14-17-23(32-8-2)29(26)35-11-5)40-27-21-15-18-24(33-9-3)30(27)36-12-6/h13-21,31-36H,7-12H2,1-6H3. The average molecular weight is 585 g/mol. The molecule has 3 aromatic carbocycles. The summed E-state index contributed by atoms with van der Waals surface area (Å²) < 4.78 is 33.6. The van der Waals surface area contributed by atoms with E-state index in [1.54, 1.807) is 18.2 Å². The van der Waals surface area contributed by atoms with E-state index in [-0.39, 0.29) is 0 Å². The van der Waals surface area contributed by atoms with Gasteiger partial charge in [0.05, 0.1) is 17.1 Å². The molecule has 0 radical (unpaired) electrons. The fraction of sp³-hybridized carbons (Fsp3) is 0.400. The summed E-state index contributed by atoms with van der Waals surface area (Å²) in [5.41, 5.74) is 4.48. The second-order valence-electron chi connectivity index (χ2n) is 8.94. The maximum absolute atomic E-state index is 14.8. The number of hydrogen-bond acceptors (Lipinski definition) is 10. The first-order chi connectivity index (χ1) is 19.9. The minimum atomic E-state index is -4.36. The average Bonchev–Trinajstić information content (AvgIpc) is 2.94. The van der Waals surface area contributed by atoms with Gasteiger partial charge in [-0.1, -0.05) is 18.2 Å². The molecule has 0 aliphatic carbocycles. The van der Waals surface area contributed by atoms with Gasteiger partial charge in [-0.2, -0.15) is 4.57 Å². The molecule has 3 aromatic rings. The zero-order valence-electron chi connectivity index (χ0n) is 25.0. The highest BCUT2D eigenvalue weighted by molar-refractivity contribution is 7.49. The molecule has 10 nitrogen and oxygen atoms in total. The molecule has 0 heterocycles. The van der Waals surface area contributed by atoms with Gasteiger partial charge in [0.15, 0.2) is 17.2 Å². The van der Waals surface area contributed by atoms with Crippen LogP contribution in [0.4, 0.5) is 34.1 Å². The number of para-hydroxylation sites is 3. The highest BCUT2D eigenvalue weighted by Gasteiger charge is 2.36. The number of phosphoric ester groups is 1. The third-order valence-corrected chi connectivity index (χ3v) is 7.13. The maximum atomic E-state index is 14.8. The Kier molecular flexibility index (Phi) is 12.2. The highest BCUT2D eigenvalue weighted by Crippen LogP contribution is 2.55. The first kappa shape index (κ1) is 31.6. The quantitative estimate of drug-likeness (QED) is 0.0823. The monoisotopic (exact) mass is 584 g/mol. The van der Waals surface area contributed by atoms with Crippen molar-refractivity contribution < 1.29 is 18.1 Å². The van der Waals surface area contributed by atoms with Crippen LogP contribution < -0.4 is 45.5 Å². The van der Waals surface area contributed by atoms with Crippen molar-refractivity contribution >= 4 is 41.9 Å². The van der Waals surface area contributed by atoms with Crippen LogP contribution in [-0.4, -0.2) is 39.3 Å². The van der Waals surface area contributed by atoms with Crippen molar-refractivity contribution in [3.8, 4) is 17.2 Å². The summed E-state index contributed by atoms with van der Waals surface area (Å²) in [7, 11) is -4.36. The van der Waals surface area contributed by atoms with E-state index in [4.69, 9.17) is 13.6 Å². The summed E-state index contributed by atoms with van der Waals surface area (Å²) >= 11 is 0. The Morgan fingerprint density at radius 1 is 0.463 bits per heavy atom. The number of nitrogens with one attached hydrogen (secondary N) is 6. The van der Waals surface area contributed by atoms with Crippen LogP contribution in [0.15, 0.2) is 54.6 Å². The van der Waals surface area contributed by atoms with E-state index in [9.17, 15) is 4.57 Å². The van der Waals surface area contributed by atoms with Gasteiger partial charge in [0.1, 0.15) is 17.1 Å². The largest absolute Gasteiger partial charge is 0.647 e. The molecule has 0 aromatic heterocycles. The van der Waals surface area contributed by atoms with Crippen LogP contribution in [-0.2, 0) is 4.57 Å². The summed E-state index contributed by atoms with van der Waals surface area (Å²) in [4.78, 5) is 0. The third kappa shape index (κ3) is 8.30. The summed E-state index contributed by atoms with van der Waals surface area (Å²) in [5, 5.41) is 20.0. The van der Waals surface area contributed by atoms with Crippen LogP contribution in [0.25, 0.3) is 0 Å². The molecule has 0 aliphatic rings. The minimum absolute atomic E-state index is 0.342. The molecule has 0 amide bonds. The molecule has 3 rings (SSSR count). The lowest BCUT2D eigenvalue weighted by atomic mass is 10.2. The first-order valence-corrected chi connectivity index (χ1v) is 15.9. The van der Waals surface area contributed by atoms with Gasteiger partial charge in [-0.15, -0.1) is 0 Å². The molecular formula is C30H45N6O4P. The van der Waals surface area contributed by atoms with Crippen molar-refractivity contribution in [2.75, 3.05) is 71.2 Å². The van der Waals surface area contributed by atoms with Gasteiger partial charge in [0, 0.05) is 39.3 Å². The van der Waals surface area contributed by atoms with Gasteiger partial charge in [-0.25, -0.2) is 0 Å². The molecule has 0 saturated heterocycles. The lowest BCUT2D eigenvalue weighted by Crippen LogP contribution is -2.13. The second-order valence-corrected chi connectivity index (χ2v) is 10.4. The minimum Gasteiger partial charge on any atom is -0.384 e. The Hall–Kier alpha value is -3.91. The molecule has 0 aliphatic heterocycles. The Labute approximate surface area is 244 Å². The summed E-state index contributed by atoms with van der Waals surface area (Å²) in [5.74, 6) is 1.03. The van der Waals surface area contributed by atoms with Crippen molar-refractivity contribution in [2.45, 2.75) is 41.5 Å². The molecule has 0 saturated carbocycles. The molecule has 0 spiro atoms. The van der Waals surface area contributed by atoms with Gasteiger partial charge in [-0.05, 0) is 77.9 Å².